The second-order valence-corrected chi connectivity index (χ2v) is 7.12. The molecule has 0 saturated carbocycles. The maximum absolute atomic E-state index is 12.8. The molecule has 2 aliphatic rings. The Labute approximate surface area is 142 Å². The third kappa shape index (κ3) is 3.21. The fourth-order valence-corrected chi connectivity index (χ4v) is 4.06. The van der Waals surface area contributed by atoms with Crippen molar-refractivity contribution in [3.05, 3.63) is 47.3 Å². The van der Waals surface area contributed by atoms with Gasteiger partial charge < -0.3 is 4.90 Å². The second kappa shape index (κ2) is 6.75. The van der Waals surface area contributed by atoms with Crippen molar-refractivity contribution >= 4 is 5.91 Å². The molecule has 0 spiro atoms. The van der Waals surface area contributed by atoms with Crippen LogP contribution in [-0.4, -0.2) is 39.3 Å². The molecule has 1 aliphatic heterocycles. The van der Waals surface area contributed by atoms with Crippen LogP contribution in [-0.2, 0) is 24.1 Å². The lowest BCUT2D eigenvalue weighted by Crippen LogP contribution is -2.43. The van der Waals surface area contributed by atoms with E-state index >= 15 is 0 Å². The van der Waals surface area contributed by atoms with Crippen molar-refractivity contribution in [3.8, 4) is 0 Å². The van der Waals surface area contributed by atoms with Crippen molar-refractivity contribution in [3.63, 3.8) is 0 Å². The Morgan fingerprint density at radius 1 is 1.08 bits per heavy atom. The molecular formula is C19H24N4O. The molecule has 1 fully saturated rings. The standard InChI is InChI=1S/C19H24N4O/c24-19(16-6-7-17-18(13-16)21-22-20-17)23-10-8-15(9-11-23)12-14-4-2-1-3-5-14/h1-5,15-16H,6-13H2,(H,20,21,22). The molecule has 1 amide bonds. The summed E-state index contributed by atoms with van der Waals surface area (Å²) < 4.78 is 0. The molecule has 5 nitrogen and oxygen atoms in total. The van der Waals surface area contributed by atoms with Gasteiger partial charge in [0, 0.05) is 25.4 Å². The summed E-state index contributed by atoms with van der Waals surface area (Å²) in [6.07, 6.45) is 5.88. The fraction of sp³-hybridized carbons (Fsp3) is 0.526. The molecule has 5 heteroatoms. The molecule has 126 valence electrons. The van der Waals surface area contributed by atoms with Crippen LogP contribution in [0.3, 0.4) is 0 Å². The van der Waals surface area contributed by atoms with Gasteiger partial charge in [0.15, 0.2) is 0 Å². The number of piperidine rings is 1. The zero-order valence-corrected chi connectivity index (χ0v) is 13.9. The molecule has 4 rings (SSSR count). The molecular weight excluding hydrogens is 300 g/mol. The second-order valence-electron chi connectivity index (χ2n) is 7.12. The SMILES string of the molecule is O=C(C1CCc2n[nH]nc2C1)N1CCC(Cc2ccccc2)CC1. The van der Waals surface area contributed by atoms with Crippen LogP contribution in [0.15, 0.2) is 30.3 Å². The maximum Gasteiger partial charge on any atom is 0.226 e. The van der Waals surface area contributed by atoms with E-state index in [9.17, 15) is 4.79 Å². The molecule has 24 heavy (non-hydrogen) atoms. The minimum absolute atomic E-state index is 0.0910. The summed E-state index contributed by atoms with van der Waals surface area (Å²) in [6.45, 7) is 1.80. The number of aryl methyl sites for hydroxylation is 1. The van der Waals surface area contributed by atoms with Crippen molar-refractivity contribution in [2.75, 3.05) is 13.1 Å². The zero-order chi connectivity index (χ0) is 16.4. The van der Waals surface area contributed by atoms with Gasteiger partial charge in [0.1, 0.15) is 0 Å². The zero-order valence-electron chi connectivity index (χ0n) is 13.9. The van der Waals surface area contributed by atoms with Crippen molar-refractivity contribution in [2.24, 2.45) is 11.8 Å². The van der Waals surface area contributed by atoms with Crippen LogP contribution in [0.25, 0.3) is 0 Å². The summed E-state index contributed by atoms with van der Waals surface area (Å²) in [7, 11) is 0. The maximum atomic E-state index is 12.8. The van der Waals surface area contributed by atoms with Gasteiger partial charge >= 0.3 is 0 Å². The van der Waals surface area contributed by atoms with Crippen LogP contribution in [0.1, 0.15) is 36.2 Å². The molecule has 0 bridgehead atoms. The van der Waals surface area contributed by atoms with E-state index in [4.69, 9.17) is 0 Å². The van der Waals surface area contributed by atoms with Crippen molar-refractivity contribution < 1.29 is 4.79 Å². The number of benzene rings is 1. The number of rotatable bonds is 3. The van der Waals surface area contributed by atoms with Crippen LogP contribution >= 0.6 is 0 Å². The molecule has 1 aromatic carbocycles. The Bertz CT molecular complexity index is 688. The summed E-state index contributed by atoms with van der Waals surface area (Å²) in [6, 6.07) is 10.7. The quantitative estimate of drug-likeness (QED) is 0.943. The monoisotopic (exact) mass is 324 g/mol. The summed E-state index contributed by atoms with van der Waals surface area (Å²) in [4.78, 5) is 14.9. The highest BCUT2D eigenvalue weighted by atomic mass is 16.2. The number of hydrogen-bond acceptors (Lipinski definition) is 3. The molecule has 1 aliphatic carbocycles. The lowest BCUT2D eigenvalue weighted by molar-refractivity contribution is -0.137. The molecule has 2 heterocycles. The smallest absolute Gasteiger partial charge is 0.226 e. The van der Waals surface area contributed by atoms with Crippen LogP contribution in [0.5, 0.6) is 0 Å². The largest absolute Gasteiger partial charge is 0.342 e. The van der Waals surface area contributed by atoms with Gasteiger partial charge in [0.05, 0.1) is 11.4 Å². The first-order valence-corrected chi connectivity index (χ1v) is 9.01. The highest BCUT2D eigenvalue weighted by molar-refractivity contribution is 5.79. The number of fused-ring (bicyclic) bond motifs is 1. The lowest BCUT2D eigenvalue weighted by Gasteiger charge is -2.35. The number of aromatic amines is 1. The number of hydrogen-bond donors (Lipinski definition) is 1. The summed E-state index contributed by atoms with van der Waals surface area (Å²) in [5.41, 5.74) is 3.44. The van der Waals surface area contributed by atoms with Crippen LogP contribution < -0.4 is 0 Å². The summed E-state index contributed by atoms with van der Waals surface area (Å²) in [5, 5.41) is 11.0. The Morgan fingerprint density at radius 2 is 1.83 bits per heavy atom. The number of nitrogens with one attached hydrogen (secondary N) is 1. The average molecular weight is 324 g/mol. The van der Waals surface area contributed by atoms with Crippen molar-refractivity contribution in [2.45, 2.75) is 38.5 Å². The third-order valence-corrected chi connectivity index (χ3v) is 5.52. The van der Waals surface area contributed by atoms with Gasteiger partial charge in [-0.15, -0.1) is 0 Å². The molecule has 2 aromatic rings. The highest BCUT2D eigenvalue weighted by Crippen LogP contribution is 2.27. The van der Waals surface area contributed by atoms with Gasteiger partial charge in [-0.3, -0.25) is 4.79 Å². The topological polar surface area (TPSA) is 61.9 Å². The summed E-state index contributed by atoms with van der Waals surface area (Å²) >= 11 is 0. The minimum Gasteiger partial charge on any atom is -0.342 e. The van der Waals surface area contributed by atoms with Crippen molar-refractivity contribution in [1.82, 2.24) is 20.3 Å². The Morgan fingerprint density at radius 3 is 2.62 bits per heavy atom. The molecule has 1 atom stereocenters. The molecule has 0 radical (unpaired) electrons. The number of H-pyrrole nitrogens is 1. The van der Waals surface area contributed by atoms with Gasteiger partial charge in [-0.25, -0.2) is 0 Å². The number of likely N-dealkylation sites (tertiary alicyclic amines) is 1. The van der Waals surface area contributed by atoms with E-state index < -0.39 is 0 Å². The Hall–Kier alpha value is -2.17. The van der Waals surface area contributed by atoms with E-state index in [1.54, 1.807) is 0 Å². The third-order valence-electron chi connectivity index (χ3n) is 5.52. The normalized spacial score (nSPS) is 21.5. The van der Waals surface area contributed by atoms with Crippen LogP contribution in [0.2, 0.25) is 0 Å². The summed E-state index contributed by atoms with van der Waals surface area (Å²) in [5.74, 6) is 1.11. The molecule has 1 unspecified atom stereocenters. The highest BCUT2D eigenvalue weighted by Gasteiger charge is 2.32. The molecule has 1 aromatic heterocycles. The van der Waals surface area contributed by atoms with Crippen LogP contribution in [0, 0.1) is 11.8 Å². The van der Waals surface area contributed by atoms with Gasteiger partial charge in [-0.1, -0.05) is 30.3 Å². The van der Waals surface area contributed by atoms with E-state index in [1.807, 2.05) is 0 Å². The van der Waals surface area contributed by atoms with E-state index in [-0.39, 0.29) is 5.92 Å². The van der Waals surface area contributed by atoms with E-state index in [2.05, 4.69) is 50.6 Å². The fourth-order valence-electron chi connectivity index (χ4n) is 4.06. The minimum atomic E-state index is 0.0910. The van der Waals surface area contributed by atoms with Gasteiger partial charge in [-0.2, -0.15) is 15.4 Å². The van der Waals surface area contributed by atoms with Gasteiger partial charge in [0.25, 0.3) is 0 Å². The lowest BCUT2D eigenvalue weighted by atomic mass is 9.86. The first-order chi connectivity index (χ1) is 11.8. The number of amides is 1. The number of carbonyl (C=O) groups excluding carboxylic acids is 1. The van der Waals surface area contributed by atoms with E-state index in [0.29, 0.717) is 11.8 Å². The first-order valence-electron chi connectivity index (χ1n) is 9.01. The molecule has 1 N–H and O–H groups in total. The van der Waals surface area contributed by atoms with E-state index in [0.717, 1.165) is 63.0 Å². The number of carbonyl (C=O) groups is 1. The Kier molecular flexibility index (Phi) is 4.32. The Balaban J connectivity index is 1.30. The first kappa shape index (κ1) is 15.4. The van der Waals surface area contributed by atoms with Gasteiger partial charge in [0.2, 0.25) is 5.91 Å². The van der Waals surface area contributed by atoms with Crippen molar-refractivity contribution in [1.29, 1.82) is 0 Å². The van der Waals surface area contributed by atoms with Gasteiger partial charge in [-0.05, 0) is 43.6 Å². The van der Waals surface area contributed by atoms with Crippen LogP contribution in [0.4, 0.5) is 0 Å². The molecule has 1 saturated heterocycles. The number of aromatic nitrogens is 3. The predicted molar refractivity (Wildman–Crippen MR) is 91.3 cm³/mol. The number of nitrogens with zero attached hydrogens (tertiary/aromatic N) is 3. The predicted octanol–water partition coefficient (Wildman–Crippen LogP) is 2.39. The average Bonchev–Trinajstić information content (AvgIpc) is 3.10. The van der Waals surface area contributed by atoms with E-state index in [1.165, 1.54) is 5.56 Å².